The highest BCUT2D eigenvalue weighted by molar-refractivity contribution is 7.90. The van der Waals surface area contributed by atoms with Gasteiger partial charge in [-0.25, -0.2) is 13.2 Å². The summed E-state index contributed by atoms with van der Waals surface area (Å²) < 4.78 is 28.0. The molecule has 1 aromatic carbocycles. The fourth-order valence-electron chi connectivity index (χ4n) is 2.10. The van der Waals surface area contributed by atoms with E-state index in [-0.39, 0.29) is 11.5 Å². The van der Waals surface area contributed by atoms with Crippen LogP contribution in [0.15, 0.2) is 35.2 Å². The van der Waals surface area contributed by atoms with Crippen LogP contribution in [0.3, 0.4) is 0 Å². The molecule has 2 aromatic rings. The van der Waals surface area contributed by atoms with E-state index in [1.165, 1.54) is 35.6 Å². The normalized spacial score (nSPS) is 11.2. The third-order valence-electron chi connectivity index (χ3n) is 3.40. The van der Waals surface area contributed by atoms with Crippen LogP contribution in [-0.2, 0) is 21.0 Å². The number of rotatable bonds is 6. The van der Waals surface area contributed by atoms with Crippen LogP contribution in [-0.4, -0.2) is 33.2 Å². The van der Waals surface area contributed by atoms with Gasteiger partial charge in [0.15, 0.2) is 9.84 Å². The van der Waals surface area contributed by atoms with Gasteiger partial charge >= 0.3 is 5.97 Å². The number of thiophene rings is 1. The van der Waals surface area contributed by atoms with E-state index in [2.05, 4.69) is 5.32 Å². The highest BCUT2D eigenvalue weighted by atomic mass is 32.2. The third kappa shape index (κ3) is 4.67. The van der Waals surface area contributed by atoms with Crippen LogP contribution in [0.1, 0.15) is 39.4 Å². The molecular weight excluding hydrogens is 362 g/mol. The Kier molecular flexibility index (Phi) is 5.97. The second-order valence-electron chi connectivity index (χ2n) is 5.28. The molecule has 25 heavy (non-hydrogen) atoms. The summed E-state index contributed by atoms with van der Waals surface area (Å²) in [6.07, 6.45) is 1.83. The van der Waals surface area contributed by atoms with Gasteiger partial charge in [0.25, 0.3) is 5.91 Å². The molecule has 0 saturated heterocycles. The molecule has 1 amide bonds. The Hall–Kier alpha value is -2.19. The summed E-state index contributed by atoms with van der Waals surface area (Å²) in [5.41, 5.74) is 0.624. The average molecular weight is 381 g/mol. The van der Waals surface area contributed by atoms with Crippen LogP contribution in [0.4, 0.5) is 5.00 Å². The molecule has 1 N–H and O–H groups in total. The van der Waals surface area contributed by atoms with Gasteiger partial charge in [0.1, 0.15) is 5.00 Å². The van der Waals surface area contributed by atoms with Gasteiger partial charge in [-0.3, -0.25) is 4.79 Å². The molecule has 0 spiro atoms. The number of esters is 1. The maximum absolute atomic E-state index is 12.4. The summed E-state index contributed by atoms with van der Waals surface area (Å²) in [4.78, 5) is 25.5. The topological polar surface area (TPSA) is 89.5 Å². The molecule has 8 heteroatoms. The van der Waals surface area contributed by atoms with Crippen molar-refractivity contribution < 1.29 is 22.7 Å². The fraction of sp³-hybridized carbons (Fsp3) is 0.294. The van der Waals surface area contributed by atoms with E-state index in [0.29, 0.717) is 16.1 Å². The first-order chi connectivity index (χ1) is 11.8. The van der Waals surface area contributed by atoms with E-state index in [4.69, 9.17) is 4.74 Å². The Morgan fingerprint density at radius 3 is 2.32 bits per heavy atom. The van der Waals surface area contributed by atoms with Gasteiger partial charge < -0.3 is 10.1 Å². The van der Waals surface area contributed by atoms with Gasteiger partial charge in [0.05, 0.1) is 17.1 Å². The van der Waals surface area contributed by atoms with E-state index in [0.717, 1.165) is 17.6 Å². The van der Waals surface area contributed by atoms with Crippen molar-refractivity contribution >= 4 is 38.1 Å². The van der Waals surface area contributed by atoms with Crippen molar-refractivity contribution in [1.82, 2.24) is 0 Å². The lowest BCUT2D eigenvalue weighted by atomic mass is 10.2. The SMILES string of the molecule is CCOC(=O)c1cc(CC)sc1NC(=O)c1ccc(S(C)(=O)=O)cc1. The molecule has 0 aliphatic carbocycles. The van der Waals surface area contributed by atoms with Crippen molar-refractivity contribution in [2.24, 2.45) is 0 Å². The van der Waals surface area contributed by atoms with Gasteiger partial charge in [0.2, 0.25) is 0 Å². The van der Waals surface area contributed by atoms with Crippen LogP contribution in [0.25, 0.3) is 0 Å². The number of nitrogens with one attached hydrogen (secondary N) is 1. The maximum Gasteiger partial charge on any atom is 0.341 e. The van der Waals surface area contributed by atoms with Gasteiger partial charge in [-0.15, -0.1) is 11.3 Å². The highest BCUT2D eigenvalue weighted by Crippen LogP contribution is 2.30. The predicted molar refractivity (Wildman–Crippen MR) is 97.2 cm³/mol. The number of sulfone groups is 1. The van der Waals surface area contributed by atoms with Crippen molar-refractivity contribution in [3.05, 3.63) is 46.3 Å². The lowest BCUT2D eigenvalue weighted by Gasteiger charge is -2.06. The van der Waals surface area contributed by atoms with Crippen LogP contribution in [0.2, 0.25) is 0 Å². The smallest absolute Gasteiger partial charge is 0.341 e. The zero-order valence-electron chi connectivity index (χ0n) is 14.2. The molecule has 0 bridgehead atoms. The number of anilines is 1. The number of hydrogen-bond acceptors (Lipinski definition) is 6. The number of aryl methyl sites for hydroxylation is 1. The number of carbonyl (C=O) groups excluding carboxylic acids is 2. The molecule has 6 nitrogen and oxygen atoms in total. The molecule has 0 aliphatic rings. The first-order valence-electron chi connectivity index (χ1n) is 7.67. The van der Waals surface area contributed by atoms with Gasteiger partial charge in [-0.1, -0.05) is 6.92 Å². The van der Waals surface area contributed by atoms with Crippen LogP contribution < -0.4 is 5.32 Å². The monoisotopic (exact) mass is 381 g/mol. The zero-order valence-corrected chi connectivity index (χ0v) is 15.8. The van der Waals surface area contributed by atoms with Crippen molar-refractivity contribution in [2.75, 3.05) is 18.2 Å². The summed E-state index contributed by atoms with van der Waals surface area (Å²) in [6, 6.07) is 7.34. The Morgan fingerprint density at radius 2 is 1.80 bits per heavy atom. The molecule has 0 radical (unpaired) electrons. The molecule has 0 aliphatic heterocycles. The Morgan fingerprint density at radius 1 is 1.16 bits per heavy atom. The Bertz CT molecular complexity index is 882. The quantitative estimate of drug-likeness (QED) is 0.777. The van der Waals surface area contributed by atoms with E-state index in [1.807, 2.05) is 6.92 Å². The minimum Gasteiger partial charge on any atom is -0.462 e. The first kappa shape index (κ1) is 19.1. The van der Waals surface area contributed by atoms with Crippen molar-refractivity contribution in [2.45, 2.75) is 25.2 Å². The van der Waals surface area contributed by atoms with Crippen molar-refractivity contribution in [3.8, 4) is 0 Å². The summed E-state index contributed by atoms with van der Waals surface area (Å²) >= 11 is 1.32. The van der Waals surface area contributed by atoms with E-state index in [9.17, 15) is 18.0 Å². The molecule has 0 unspecified atom stereocenters. The molecule has 2 rings (SSSR count). The minimum absolute atomic E-state index is 0.139. The second kappa shape index (κ2) is 7.79. The lowest BCUT2D eigenvalue weighted by molar-refractivity contribution is 0.0528. The standard InChI is InChI=1S/C17H19NO5S2/c1-4-12-10-14(17(20)23-5-2)16(24-12)18-15(19)11-6-8-13(9-7-11)25(3,21)22/h6-10H,4-5H2,1-3H3,(H,18,19). The van der Waals surface area contributed by atoms with E-state index in [1.54, 1.807) is 13.0 Å². The Balaban J connectivity index is 2.25. The highest BCUT2D eigenvalue weighted by Gasteiger charge is 2.19. The Labute approximate surface area is 150 Å². The largest absolute Gasteiger partial charge is 0.462 e. The van der Waals surface area contributed by atoms with E-state index < -0.39 is 21.7 Å². The van der Waals surface area contributed by atoms with Crippen LogP contribution in [0.5, 0.6) is 0 Å². The van der Waals surface area contributed by atoms with Gasteiger partial charge in [-0.2, -0.15) is 0 Å². The number of ether oxygens (including phenoxy) is 1. The molecular formula is C17H19NO5S2. The second-order valence-corrected chi connectivity index (χ2v) is 8.43. The lowest BCUT2D eigenvalue weighted by Crippen LogP contribution is -2.14. The molecule has 1 aromatic heterocycles. The maximum atomic E-state index is 12.4. The number of benzene rings is 1. The summed E-state index contributed by atoms with van der Waals surface area (Å²) in [5.74, 6) is -0.906. The van der Waals surface area contributed by atoms with Crippen LogP contribution >= 0.6 is 11.3 Å². The summed E-state index contributed by atoms with van der Waals surface area (Å²) in [6.45, 7) is 3.92. The molecule has 134 valence electrons. The van der Waals surface area contributed by atoms with E-state index >= 15 is 0 Å². The molecule has 1 heterocycles. The summed E-state index contributed by atoms with van der Waals surface area (Å²) in [5, 5.41) is 3.13. The average Bonchev–Trinajstić information content (AvgIpc) is 2.97. The fourth-order valence-corrected chi connectivity index (χ4v) is 3.71. The predicted octanol–water partition coefficient (Wildman–Crippen LogP) is 3.14. The third-order valence-corrected chi connectivity index (χ3v) is 5.72. The molecule has 0 fully saturated rings. The number of carbonyl (C=O) groups is 2. The zero-order chi connectivity index (χ0) is 18.6. The van der Waals surface area contributed by atoms with Gasteiger partial charge in [-0.05, 0) is 43.7 Å². The van der Waals surface area contributed by atoms with Crippen LogP contribution in [0, 0.1) is 0 Å². The first-order valence-corrected chi connectivity index (χ1v) is 10.4. The molecule has 0 saturated carbocycles. The number of hydrogen-bond donors (Lipinski definition) is 1. The van der Waals surface area contributed by atoms with Gasteiger partial charge in [0, 0.05) is 16.7 Å². The summed E-state index contributed by atoms with van der Waals surface area (Å²) in [7, 11) is -3.32. The van der Waals surface area contributed by atoms with Crippen molar-refractivity contribution in [3.63, 3.8) is 0 Å². The molecule has 0 atom stereocenters. The number of amides is 1. The minimum atomic E-state index is -3.32. The van der Waals surface area contributed by atoms with Crippen molar-refractivity contribution in [1.29, 1.82) is 0 Å².